The second-order valence-corrected chi connectivity index (χ2v) is 7.96. The molecule has 0 saturated carbocycles. The molecule has 8 heteroatoms. The first-order valence-corrected chi connectivity index (χ1v) is 9.24. The van der Waals surface area contributed by atoms with Crippen molar-refractivity contribution >= 4 is 17.9 Å². The summed E-state index contributed by atoms with van der Waals surface area (Å²) in [6.45, 7) is 1.89. The van der Waals surface area contributed by atoms with Crippen LogP contribution in [0.3, 0.4) is 0 Å². The van der Waals surface area contributed by atoms with Gasteiger partial charge in [0.2, 0.25) is 6.04 Å². The second-order valence-electron chi connectivity index (χ2n) is 7.96. The number of rotatable bonds is 8. The van der Waals surface area contributed by atoms with Gasteiger partial charge in [0.1, 0.15) is 5.54 Å². The number of aryl methyl sites for hydroxylation is 1. The van der Waals surface area contributed by atoms with Crippen molar-refractivity contribution in [2.45, 2.75) is 56.2 Å². The highest BCUT2D eigenvalue weighted by atomic mass is 16.4. The fourth-order valence-electron chi connectivity index (χ4n) is 5.04. The topological polar surface area (TPSA) is 135 Å². The first kappa shape index (κ1) is 21.8. The van der Waals surface area contributed by atoms with E-state index >= 15 is 0 Å². The second kappa shape index (κ2) is 7.52. The lowest BCUT2D eigenvalue weighted by molar-refractivity contribution is -0.971. The maximum atomic E-state index is 12.2. The molecule has 0 aromatic heterocycles. The number of benzene rings is 1. The normalized spacial score (nSPS) is 22.6. The summed E-state index contributed by atoms with van der Waals surface area (Å²) in [6.07, 6.45) is 1.37. The zero-order valence-electron chi connectivity index (χ0n) is 16.3. The van der Waals surface area contributed by atoms with Gasteiger partial charge in [-0.1, -0.05) is 31.2 Å². The first-order chi connectivity index (χ1) is 12.9. The highest BCUT2D eigenvalue weighted by molar-refractivity contribution is 5.90. The number of fused-ring (bicyclic) bond motifs is 1. The van der Waals surface area contributed by atoms with Crippen LogP contribution < -0.4 is 5.11 Å². The minimum absolute atomic E-state index is 0.423. The zero-order chi connectivity index (χ0) is 21.3. The summed E-state index contributed by atoms with van der Waals surface area (Å²) < 4.78 is -0.423. The SMILES string of the molecule is CCC1([N+](C)(C)C(C(=O)O)C(O)(CC(=O)O)C(=O)[O-])CCCc2ccccc21. The van der Waals surface area contributed by atoms with Crippen LogP contribution in [-0.4, -0.2) is 63.4 Å². The molecule has 154 valence electrons. The maximum absolute atomic E-state index is 12.2. The number of quaternary nitrogens is 1. The molecule has 0 fully saturated rings. The molecule has 0 radical (unpaired) electrons. The quantitative estimate of drug-likeness (QED) is 0.534. The summed E-state index contributed by atoms with van der Waals surface area (Å²) in [5.41, 5.74) is -1.94. The lowest BCUT2D eigenvalue weighted by Gasteiger charge is -2.56. The minimum Gasteiger partial charge on any atom is -0.547 e. The third kappa shape index (κ3) is 3.27. The number of aliphatic hydroxyl groups is 1. The van der Waals surface area contributed by atoms with E-state index in [0.717, 1.165) is 24.0 Å². The number of likely N-dealkylation sites (N-methyl/N-ethyl adjacent to an activating group) is 1. The number of carbonyl (C=O) groups excluding carboxylic acids is 1. The molecule has 0 bridgehead atoms. The summed E-state index contributed by atoms with van der Waals surface area (Å²) in [7, 11) is 3.08. The number of hydrogen-bond donors (Lipinski definition) is 3. The van der Waals surface area contributed by atoms with Gasteiger partial charge < -0.3 is 29.7 Å². The fourth-order valence-corrected chi connectivity index (χ4v) is 5.04. The molecule has 1 aromatic rings. The van der Waals surface area contributed by atoms with E-state index in [1.807, 2.05) is 31.2 Å². The Labute approximate surface area is 163 Å². The van der Waals surface area contributed by atoms with Gasteiger partial charge in [-0.2, -0.15) is 0 Å². The molecule has 3 atom stereocenters. The lowest BCUT2D eigenvalue weighted by atomic mass is 9.70. The van der Waals surface area contributed by atoms with Crippen molar-refractivity contribution in [1.29, 1.82) is 0 Å². The van der Waals surface area contributed by atoms with Gasteiger partial charge in [0, 0.05) is 18.4 Å². The van der Waals surface area contributed by atoms with E-state index in [2.05, 4.69) is 0 Å². The molecule has 1 aliphatic carbocycles. The van der Waals surface area contributed by atoms with Crippen LogP contribution in [-0.2, 0) is 26.3 Å². The lowest BCUT2D eigenvalue weighted by Crippen LogP contribution is -2.75. The summed E-state index contributed by atoms with van der Waals surface area (Å²) in [5.74, 6) is -5.31. The smallest absolute Gasteiger partial charge is 0.366 e. The van der Waals surface area contributed by atoms with Crippen molar-refractivity contribution in [2.75, 3.05) is 14.1 Å². The molecule has 1 aromatic carbocycles. The predicted octanol–water partition coefficient (Wildman–Crippen LogP) is 0.114. The molecule has 0 amide bonds. The number of carbonyl (C=O) groups is 3. The minimum atomic E-state index is -3.07. The molecule has 0 heterocycles. The monoisotopic (exact) mass is 393 g/mol. The van der Waals surface area contributed by atoms with Gasteiger partial charge in [-0.3, -0.25) is 4.79 Å². The Morgan fingerprint density at radius 1 is 1.25 bits per heavy atom. The van der Waals surface area contributed by atoms with Crippen molar-refractivity contribution in [3.63, 3.8) is 0 Å². The average molecular weight is 393 g/mol. The predicted molar refractivity (Wildman–Crippen MR) is 97.1 cm³/mol. The van der Waals surface area contributed by atoms with Crippen LogP contribution in [0.1, 0.15) is 43.7 Å². The summed E-state index contributed by atoms with van der Waals surface area (Å²) in [4.78, 5) is 35.3. The molecule has 3 N–H and O–H groups in total. The van der Waals surface area contributed by atoms with E-state index in [9.17, 15) is 29.7 Å². The molecule has 28 heavy (non-hydrogen) atoms. The summed E-state index contributed by atoms with van der Waals surface area (Å²) in [6, 6.07) is 5.64. The molecular formula is C20H27NO7. The van der Waals surface area contributed by atoms with E-state index in [-0.39, 0.29) is 0 Å². The number of hydrogen-bond acceptors (Lipinski definition) is 5. The van der Waals surface area contributed by atoms with Crippen molar-refractivity contribution < 1.29 is 39.3 Å². The van der Waals surface area contributed by atoms with Crippen LogP contribution in [0.2, 0.25) is 0 Å². The number of aliphatic carboxylic acids is 3. The Kier molecular flexibility index (Phi) is 5.87. The van der Waals surface area contributed by atoms with Crippen LogP contribution in [0.4, 0.5) is 0 Å². The van der Waals surface area contributed by atoms with Gasteiger partial charge in [0.05, 0.1) is 26.5 Å². The van der Waals surface area contributed by atoms with E-state index in [1.165, 1.54) is 0 Å². The highest BCUT2D eigenvalue weighted by Crippen LogP contribution is 2.48. The van der Waals surface area contributed by atoms with Crippen LogP contribution in [0.5, 0.6) is 0 Å². The summed E-state index contributed by atoms with van der Waals surface area (Å²) >= 11 is 0. The van der Waals surface area contributed by atoms with Crippen molar-refractivity contribution in [1.82, 2.24) is 0 Å². The van der Waals surface area contributed by atoms with Gasteiger partial charge in [-0.25, -0.2) is 4.79 Å². The molecule has 3 unspecified atom stereocenters. The van der Waals surface area contributed by atoms with Crippen molar-refractivity contribution in [3.05, 3.63) is 35.4 Å². The Morgan fingerprint density at radius 2 is 1.86 bits per heavy atom. The third-order valence-electron chi connectivity index (χ3n) is 6.35. The Balaban J connectivity index is 2.74. The number of carboxylic acids is 3. The van der Waals surface area contributed by atoms with Gasteiger partial charge in [0.25, 0.3) is 0 Å². The van der Waals surface area contributed by atoms with Gasteiger partial charge >= 0.3 is 11.9 Å². The van der Waals surface area contributed by atoms with E-state index < -0.39 is 46.0 Å². The summed E-state index contributed by atoms with van der Waals surface area (Å²) in [5, 5.41) is 41.6. The fraction of sp³-hybridized carbons (Fsp3) is 0.550. The average Bonchev–Trinajstić information content (AvgIpc) is 2.59. The van der Waals surface area contributed by atoms with Crippen LogP contribution in [0.15, 0.2) is 24.3 Å². The Bertz CT molecular complexity index is 791. The van der Waals surface area contributed by atoms with E-state index in [4.69, 9.17) is 5.11 Å². The molecule has 1 aliphatic rings. The van der Waals surface area contributed by atoms with Crippen LogP contribution >= 0.6 is 0 Å². The Hall–Kier alpha value is -2.45. The van der Waals surface area contributed by atoms with E-state index in [0.29, 0.717) is 12.8 Å². The number of carboxylic acid groups (broad SMARTS) is 3. The molecule has 2 rings (SSSR count). The zero-order valence-corrected chi connectivity index (χ0v) is 16.3. The van der Waals surface area contributed by atoms with Gasteiger partial charge in [0.15, 0.2) is 5.60 Å². The molecule has 0 spiro atoms. The molecule has 0 saturated heterocycles. The van der Waals surface area contributed by atoms with E-state index in [1.54, 1.807) is 14.1 Å². The van der Waals surface area contributed by atoms with Crippen molar-refractivity contribution in [3.8, 4) is 0 Å². The largest absolute Gasteiger partial charge is 0.547 e. The first-order valence-electron chi connectivity index (χ1n) is 9.24. The van der Waals surface area contributed by atoms with Crippen LogP contribution in [0, 0.1) is 0 Å². The Morgan fingerprint density at radius 3 is 2.36 bits per heavy atom. The standard InChI is InChI=1S/C20H27NO7/c1-4-19(11-7-9-13-8-5-6-10-14(13)19)21(2,3)16(17(24)25)20(28,18(26)27)12-15(22)23/h5-6,8,10,16,28H,4,7,9,11-12H2,1-3H3,(H2-,22,23,24,25,26,27). The van der Waals surface area contributed by atoms with Gasteiger partial charge in [-0.05, 0) is 18.4 Å². The molecular weight excluding hydrogens is 366 g/mol. The maximum Gasteiger partial charge on any atom is 0.366 e. The number of nitrogens with zero attached hydrogens (tertiary/aromatic N) is 1. The van der Waals surface area contributed by atoms with Gasteiger partial charge in [-0.15, -0.1) is 0 Å². The van der Waals surface area contributed by atoms with Crippen molar-refractivity contribution in [2.24, 2.45) is 0 Å². The van der Waals surface area contributed by atoms with Crippen LogP contribution in [0.25, 0.3) is 0 Å². The third-order valence-corrected chi connectivity index (χ3v) is 6.35. The molecule has 0 aliphatic heterocycles. The molecule has 8 nitrogen and oxygen atoms in total. The highest BCUT2D eigenvalue weighted by Gasteiger charge is 2.62.